The Morgan fingerprint density at radius 3 is 2.35 bits per heavy atom. The van der Waals surface area contributed by atoms with Gasteiger partial charge in [-0.15, -0.1) is 0 Å². The molecule has 0 radical (unpaired) electrons. The van der Waals surface area contributed by atoms with Crippen molar-refractivity contribution in [2.24, 2.45) is 0 Å². The number of alkyl halides is 3. The second kappa shape index (κ2) is 5.25. The van der Waals surface area contributed by atoms with E-state index in [1.165, 1.54) is 0 Å². The summed E-state index contributed by atoms with van der Waals surface area (Å²) in [6.45, 7) is 0. The van der Waals surface area contributed by atoms with E-state index in [2.05, 4.69) is 11.8 Å². The lowest BCUT2D eigenvalue weighted by molar-refractivity contribution is -0.137. The number of hydrogen-bond acceptors (Lipinski definition) is 1. The maximum Gasteiger partial charge on any atom is 0.416 e. The molecule has 0 aliphatic heterocycles. The van der Waals surface area contributed by atoms with Gasteiger partial charge in [0.2, 0.25) is 0 Å². The van der Waals surface area contributed by atoms with E-state index in [4.69, 9.17) is 5.73 Å². The van der Waals surface area contributed by atoms with Gasteiger partial charge in [0.25, 0.3) is 0 Å². The number of nitrogens with two attached hydrogens (primary N) is 1. The first-order chi connectivity index (χ1) is 9.36. The Morgan fingerprint density at radius 1 is 0.950 bits per heavy atom. The largest absolute Gasteiger partial charge is 0.416 e. The number of anilines is 1. The quantitative estimate of drug-likeness (QED) is 0.443. The average Bonchev–Trinajstić information content (AvgIpc) is 2.36. The van der Waals surface area contributed by atoms with Crippen LogP contribution in [0.3, 0.4) is 0 Å². The highest BCUT2D eigenvalue weighted by molar-refractivity contribution is 5.50. The summed E-state index contributed by atoms with van der Waals surface area (Å²) in [6.07, 6.45) is -4.53. The molecule has 5 heteroatoms. The number of hydrogen-bond donors (Lipinski definition) is 1. The second-order valence-corrected chi connectivity index (χ2v) is 4.07. The third-order valence-electron chi connectivity index (χ3n) is 2.52. The van der Waals surface area contributed by atoms with Crippen molar-refractivity contribution in [2.45, 2.75) is 6.18 Å². The lowest BCUT2D eigenvalue weighted by Crippen LogP contribution is -2.05. The van der Waals surface area contributed by atoms with Crippen LogP contribution in [0.1, 0.15) is 16.7 Å². The fourth-order valence-corrected chi connectivity index (χ4v) is 1.55. The van der Waals surface area contributed by atoms with Crippen molar-refractivity contribution < 1.29 is 17.6 Å². The van der Waals surface area contributed by atoms with E-state index in [0.29, 0.717) is 23.4 Å². The summed E-state index contributed by atoms with van der Waals surface area (Å²) < 4.78 is 51.0. The predicted octanol–water partition coefficient (Wildman–Crippen LogP) is 3.83. The van der Waals surface area contributed by atoms with E-state index in [-0.39, 0.29) is 5.56 Å². The van der Waals surface area contributed by atoms with Crippen LogP contribution in [0.15, 0.2) is 42.5 Å². The van der Waals surface area contributed by atoms with Crippen molar-refractivity contribution in [3.63, 3.8) is 0 Å². The highest BCUT2D eigenvalue weighted by Crippen LogP contribution is 2.30. The van der Waals surface area contributed by atoms with E-state index in [0.717, 1.165) is 6.07 Å². The van der Waals surface area contributed by atoms with Gasteiger partial charge < -0.3 is 5.73 Å². The Kier molecular flexibility index (Phi) is 3.66. The van der Waals surface area contributed by atoms with Gasteiger partial charge in [-0.25, -0.2) is 4.39 Å². The third kappa shape index (κ3) is 3.29. The summed E-state index contributed by atoms with van der Waals surface area (Å²) in [5.41, 5.74) is 5.29. The van der Waals surface area contributed by atoms with E-state index in [1.54, 1.807) is 24.3 Å². The minimum atomic E-state index is -4.53. The molecular weight excluding hydrogens is 270 g/mol. The van der Waals surface area contributed by atoms with Gasteiger partial charge in [0, 0.05) is 11.3 Å². The number of rotatable bonds is 0. The molecule has 0 saturated carbocycles. The molecule has 0 aliphatic carbocycles. The summed E-state index contributed by atoms with van der Waals surface area (Å²) >= 11 is 0. The summed E-state index contributed by atoms with van der Waals surface area (Å²) in [6, 6.07) is 8.62. The van der Waals surface area contributed by atoms with Crippen molar-refractivity contribution in [3.8, 4) is 11.8 Å². The molecule has 2 N–H and O–H groups in total. The molecule has 102 valence electrons. The lowest BCUT2D eigenvalue weighted by Gasteiger charge is -2.06. The molecule has 0 heterocycles. The average molecular weight is 279 g/mol. The van der Waals surface area contributed by atoms with Gasteiger partial charge in [-0.05, 0) is 36.4 Å². The smallest absolute Gasteiger partial charge is 0.399 e. The standard InChI is InChI=1S/C15H9F4N/c16-14-7-6-12(15(17,18)19)9-11(14)5-4-10-2-1-3-13(20)8-10/h1-3,6-9H,20H2. The molecule has 0 saturated heterocycles. The second-order valence-electron chi connectivity index (χ2n) is 4.07. The van der Waals surface area contributed by atoms with Gasteiger partial charge in [-0.3, -0.25) is 0 Å². The van der Waals surface area contributed by atoms with Crippen LogP contribution in [0, 0.1) is 17.7 Å². The van der Waals surface area contributed by atoms with Gasteiger partial charge in [0.1, 0.15) is 5.82 Å². The first-order valence-electron chi connectivity index (χ1n) is 5.60. The van der Waals surface area contributed by atoms with Crippen LogP contribution in [0.4, 0.5) is 23.2 Å². The van der Waals surface area contributed by atoms with Gasteiger partial charge in [-0.2, -0.15) is 13.2 Å². The van der Waals surface area contributed by atoms with Crippen molar-refractivity contribution in [2.75, 3.05) is 5.73 Å². The van der Waals surface area contributed by atoms with E-state index < -0.39 is 17.6 Å². The molecule has 2 aromatic carbocycles. The maximum absolute atomic E-state index is 13.4. The molecular formula is C15H9F4N. The van der Waals surface area contributed by atoms with E-state index >= 15 is 0 Å². The van der Waals surface area contributed by atoms with Crippen LogP contribution < -0.4 is 5.73 Å². The summed E-state index contributed by atoms with van der Waals surface area (Å²) in [5.74, 6) is 4.18. The fourth-order valence-electron chi connectivity index (χ4n) is 1.55. The van der Waals surface area contributed by atoms with E-state index in [9.17, 15) is 17.6 Å². The van der Waals surface area contributed by atoms with Crippen molar-refractivity contribution in [3.05, 3.63) is 65.0 Å². The third-order valence-corrected chi connectivity index (χ3v) is 2.52. The fraction of sp³-hybridized carbons (Fsp3) is 0.0667. The monoisotopic (exact) mass is 279 g/mol. The molecule has 2 aromatic rings. The Balaban J connectivity index is 2.39. The van der Waals surface area contributed by atoms with Gasteiger partial charge in [0.15, 0.2) is 0 Å². The molecule has 0 spiro atoms. The van der Waals surface area contributed by atoms with E-state index in [1.807, 2.05) is 0 Å². The topological polar surface area (TPSA) is 26.0 Å². The Bertz CT molecular complexity index is 693. The highest BCUT2D eigenvalue weighted by atomic mass is 19.4. The highest BCUT2D eigenvalue weighted by Gasteiger charge is 2.30. The Morgan fingerprint density at radius 2 is 1.70 bits per heavy atom. The zero-order valence-corrected chi connectivity index (χ0v) is 10.1. The zero-order chi connectivity index (χ0) is 14.8. The van der Waals surface area contributed by atoms with Gasteiger partial charge in [0.05, 0.1) is 11.1 Å². The van der Waals surface area contributed by atoms with Gasteiger partial charge in [-0.1, -0.05) is 17.9 Å². The lowest BCUT2D eigenvalue weighted by atomic mass is 10.1. The molecule has 0 aliphatic rings. The van der Waals surface area contributed by atoms with Gasteiger partial charge >= 0.3 is 6.18 Å². The molecule has 1 nitrogen and oxygen atoms in total. The molecule has 0 unspecified atom stereocenters. The molecule has 0 fully saturated rings. The Hall–Kier alpha value is -2.48. The predicted molar refractivity (Wildman–Crippen MR) is 68.2 cm³/mol. The summed E-state index contributed by atoms with van der Waals surface area (Å²) in [5, 5.41) is 0. The number of nitrogen functional groups attached to an aromatic ring is 1. The minimum absolute atomic E-state index is 0.303. The van der Waals surface area contributed by atoms with Crippen LogP contribution in [0.25, 0.3) is 0 Å². The van der Waals surface area contributed by atoms with Crippen LogP contribution in [-0.2, 0) is 6.18 Å². The molecule has 0 atom stereocenters. The van der Waals surface area contributed by atoms with Crippen LogP contribution >= 0.6 is 0 Å². The SMILES string of the molecule is Nc1cccc(C#Cc2cc(C(F)(F)F)ccc2F)c1. The Labute approximate surface area is 113 Å². The van der Waals surface area contributed by atoms with Crippen molar-refractivity contribution in [1.82, 2.24) is 0 Å². The number of benzene rings is 2. The summed E-state index contributed by atoms with van der Waals surface area (Å²) in [7, 11) is 0. The van der Waals surface area contributed by atoms with Crippen molar-refractivity contribution in [1.29, 1.82) is 0 Å². The molecule has 0 aromatic heterocycles. The van der Waals surface area contributed by atoms with Crippen LogP contribution in [-0.4, -0.2) is 0 Å². The van der Waals surface area contributed by atoms with Crippen LogP contribution in [0.2, 0.25) is 0 Å². The maximum atomic E-state index is 13.4. The minimum Gasteiger partial charge on any atom is -0.399 e. The number of halogens is 4. The normalized spacial score (nSPS) is 10.8. The van der Waals surface area contributed by atoms with Crippen molar-refractivity contribution >= 4 is 5.69 Å². The molecule has 20 heavy (non-hydrogen) atoms. The molecule has 2 rings (SSSR count). The first kappa shape index (κ1) is 13.9. The van der Waals surface area contributed by atoms with Crippen LogP contribution in [0.5, 0.6) is 0 Å². The molecule has 0 bridgehead atoms. The summed E-state index contributed by atoms with van der Waals surface area (Å²) in [4.78, 5) is 0. The first-order valence-corrected chi connectivity index (χ1v) is 5.60. The molecule has 0 amide bonds. The zero-order valence-electron chi connectivity index (χ0n) is 10.1.